The van der Waals surface area contributed by atoms with Crippen LogP contribution in [0.5, 0.6) is 0 Å². The topological polar surface area (TPSA) is 17.1 Å². The molecule has 1 nitrogen and oxygen atoms in total. The molecule has 0 radical (unpaired) electrons. The maximum absolute atomic E-state index is 12.5. The van der Waals surface area contributed by atoms with E-state index in [1.807, 2.05) is 6.92 Å². The highest BCUT2D eigenvalue weighted by atomic mass is 79.9. The van der Waals surface area contributed by atoms with Crippen LogP contribution in [0.3, 0.4) is 0 Å². The Morgan fingerprint density at radius 1 is 1.35 bits per heavy atom. The molecule has 1 fully saturated rings. The van der Waals surface area contributed by atoms with E-state index in [1.165, 1.54) is 18.4 Å². The zero-order chi connectivity index (χ0) is 12.2. The molecule has 0 spiro atoms. The predicted octanol–water partition coefficient (Wildman–Crippen LogP) is 4.16. The minimum atomic E-state index is 0.241. The zero-order valence-electron chi connectivity index (χ0n) is 10.3. The number of halogens is 1. The third kappa shape index (κ3) is 1.87. The monoisotopic (exact) mass is 292 g/mol. The number of rotatable bonds is 2. The molecule has 2 aliphatic rings. The number of aryl methyl sites for hydroxylation is 1. The van der Waals surface area contributed by atoms with E-state index in [9.17, 15) is 4.79 Å². The molecule has 0 N–H and O–H groups in total. The number of Topliss-reactive ketones (excluding diaryl/α,β-unsaturated/α-hetero) is 1. The third-order valence-electron chi connectivity index (χ3n) is 4.41. The summed E-state index contributed by atoms with van der Waals surface area (Å²) >= 11 is 3.52. The molecule has 90 valence electrons. The van der Waals surface area contributed by atoms with Crippen LogP contribution in [0.2, 0.25) is 0 Å². The van der Waals surface area contributed by atoms with Crippen molar-refractivity contribution in [2.24, 2.45) is 17.8 Å². The van der Waals surface area contributed by atoms with Gasteiger partial charge in [-0.1, -0.05) is 22.9 Å². The van der Waals surface area contributed by atoms with Gasteiger partial charge in [-0.05, 0) is 61.3 Å². The van der Waals surface area contributed by atoms with Crippen LogP contribution in [0.4, 0.5) is 0 Å². The van der Waals surface area contributed by atoms with Crippen molar-refractivity contribution in [2.75, 3.05) is 0 Å². The van der Waals surface area contributed by atoms with E-state index in [-0.39, 0.29) is 5.92 Å². The second-order valence-corrected chi connectivity index (χ2v) is 6.54. The second-order valence-electron chi connectivity index (χ2n) is 5.63. The molecule has 0 saturated heterocycles. The Hall–Kier alpha value is -0.630. The fourth-order valence-corrected chi connectivity index (χ4v) is 3.84. The quantitative estimate of drug-likeness (QED) is 0.800. The molecule has 0 amide bonds. The van der Waals surface area contributed by atoms with Gasteiger partial charge in [-0.15, -0.1) is 0 Å². The Kier molecular flexibility index (Phi) is 2.66. The van der Waals surface area contributed by atoms with E-state index in [0.717, 1.165) is 27.9 Å². The Labute approximate surface area is 111 Å². The summed E-state index contributed by atoms with van der Waals surface area (Å²) in [5.41, 5.74) is 3.38. The minimum absolute atomic E-state index is 0.241. The summed E-state index contributed by atoms with van der Waals surface area (Å²) in [6, 6.07) is 4.18. The summed E-state index contributed by atoms with van der Waals surface area (Å²) in [5.74, 6) is 2.00. The average Bonchev–Trinajstić information content (AvgIpc) is 3.03. The smallest absolute Gasteiger partial charge is 0.167 e. The molecule has 0 heterocycles. The summed E-state index contributed by atoms with van der Waals surface area (Å²) in [4.78, 5) is 12.5. The first-order chi connectivity index (χ1) is 8.08. The highest BCUT2D eigenvalue weighted by Crippen LogP contribution is 2.45. The highest BCUT2D eigenvalue weighted by Gasteiger charge is 2.41. The van der Waals surface area contributed by atoms with Gasteiger partial charge in [0.2, 0.25) is 0 Å². The number of hydrogen-bond donors (Lipinski definition) is 0. The van der Waals surface area contributed by atoms with Crippen molar-refractivity contribution in [3.05, 3.63) is 33.3 Å². The van der Waals surface area contributed by atoms with Crippen LogP contribution in [0.1, 0.15) is 41.3 Å². The van der Waals surface area contributed by atoms with Crippen molar-refractivity contribution in [2.45, 2.75) is 33.1 Å². The molecular formula is C15H17BrO. The first-order valence-electron chi connectivity index (χ1n) is 6.41. The molecule has 0 aliphatic heterocycles. The number of hydrogen-bond acceptors (Lipinski definition) is 1. The van der Waals surface area contributed by atoms with Crippen LogP contribution in [0.25, 0.3) is 0 Å². The molecule has 0 aromatic heterocycles. The van der Waals surface area contributed by atoms with Gasteiger partial charge in [-0.25, -0.2) is 0 Å². The molecule has 1 aromatic rings. The van der Waals surface area contributed by atoms with Gasteiger partial charge >= 0.3 is 0 Å². The van der Waals surface area contributed by atoms with E-state index in [4.69, 9.17) is 0 Å². The number of ketones is 1. The first-order valence-corrected chi connectivity index (χ1v) is 7.20. The maximum Gasteiger partial charge on any atom is 0.167 e. The van der Waals surface area contributed by atoms with Crippen LogP contribution in [-0.2, 0) is 6.42 Å². The fourth-order valence-electron chi connectivity index (χ4n) is 3.22. The number of carbonyl (C=O) groups is 1. The Balaban J connectivity index is 1.96. The van der Waals surface area contributed by atoms with Gasteiger partial charge in [0.05, 0.1) is 0 Å². The lowest BCUT2D eigenvalue weighted by Crippen LogP contribution is -2.20. The van der Waals surface area contributed by atoms with Crippen LogP contribution in [-0.4, -0.2) is 5.78 Å². The van der Waals surface area contributed by atoms with Crippen molar-refractivity contribution in [3.63, 3.8) is 0 Å². The van der Waals surface area contributed by atoms with Gasteiger partial charge in [-0.2, -0.15) is 0 Å². The van der Waals surface area contributed by atoms with Gasteiger partial charge < -0.3 is 0 Å². The molecule has 0 bridgehead atoms. The average molecular weight is 293 g/mol. The largest absolute Gasteiger partial charge is 0.294 e. The number of fused-ring (bicyclic) bond motifs is 1. The molecule has 3 rings (SSSR count). The van der Waals surface area contributed by atoms with Crippen LogP contribution in [0.15, 0.2) is 16.6 Å². The standard InChI is InChI=1S/C15H17BrO/c1-8-5-12(16)6-11-7-13(15(17)14(8)11)9(2)10-3-4-10/h5-6,9-10,13H,3-4,7H2,1-2H3/t9-,13?/m0/s1. The van der Waals surface area contributed by atoms with Gasteiger partial charge in [0, 0.05) is 16.0 Å². The van der Waals surface area contributed by atoms with Crippen LogP contribution < -0.4 is 0 Å². The fraction of sp³-hybridized carbons (Fsp3) is 0.533. The maximum atomic E-state index is 12.5. The SMILES string of the molecule is Cc1cc(Br)cc2c1C(=O)C([C@@H](C)C1CC1)C2. The van der Waals surface area contributed by atoms with Crippen LogP contribution >= 0.6 is 15.9 Å². The van der Waals surface area contributed by atoms with Crippen molar-refractivity contribution in [1.82, 2.24) is 0 Å². The Morgan fingerprint density at radius 2 is 2.06 bits per heavy atom. The van der Waals surface area contributed by atoms with Gasteiger partial charge in [0.15, 0.2) is 5.78 Å². The number of carbonyl (C=O) groups excluding carboxylic acids is 1. The lowest BCUT2D eigenvalue weighted by atomic mass is 9.86. The molecule has 2 aliphatic carbocycles. The second kappa shape index (κ2) is 3.94. The van der Waals surface area contributed by atoms with E-state index in [1.54, 1.807) is 0 Å². The normalized spacial score (nSPS) is 24.9. The molecule has 2 heteroatoms. The third-order valence-corrected chi connectivity index (χ3v) is 4.86. The van der Waals surface area contributed by atoms with E-state index >= 15 is 0 Å². The minimum Gasteiger partial charge on any atom is -0.294 e. The van der Waals surface area contributed by atoms with Gasteiger partial charge in [0.1, 0.15) is 0 Å². The molecule has 1 aromatic carbocycles. The summed E-state index contributed by atoms with van der Waals surface area (Å²) in [6.45, 7) is 4.31. The molecular weight excluding hydrogens is 276 g/mol. The predicted molar refractivity (Wildman–Crippen MR) is 72.3 cm³/mol. The summed E-state index contributed by atoms with van der Waals surface area (Å²) in [5, 5.41) is 0. The lowest BCUT2D eigenvalue weighted by Gasteiger charge is -2.16. The molecule has 17 heavy (non-hydrogen) atoms. The lowest BCUT2D eigenvalue weighted by molar-refractivity contribution is 0.0889. The van der Waals surface area contributed by atoms with Crippen molar-refractivity contribution >= 4 is 21.7 Å². The number of benzene rings is 1. The molecule has 1 unspecified atom stereocenters. The summed E-state index contributed by atoms with van der Waals surface area (Å²) in [6.07, 6.45) is 3.60. The molecule has 2 atom stereocenters. The van der Waals surface area contributed by atoms with Crippen molar-refractivity contribution in [1.29, 1.82) is 0 Å². The zero-order valence-corrected chi connectivity index (χ0v) is 11.9. The summed E-state index contributed by atoms with van der Waals surface area (Å²) in [7, 11) is 0. The van der Waals surface area contributed by atoms with Gasteiger partial charge in [0.25, 0.3) is 0 Å². The highest BCUT2D eigenvalue weighted by molar-refractivity contribution is 9.10. The van der Waals surface area contributed by atoms with Crippen molar-refractivity contribution in [3.8, 4) is 0 Å². The van der Waals surface area contributed by atoms with E-state index in [2.05, 4.69) is 35.0 Å². The van der Waals surface area contributed by atoms with E-state index in [0.29, 0.717) is 11.7 Å². The Bertz CT molecular complexity index is 488. The van der Waals surface area contributed by atoms with Crippen molar-refractivity contribution < 1.29 is 4.79 Å². The first kappa shape index (κ1) is 11.5. The van der Waals surface area contributed by atoms with Crippen LogP contribution in [0, 0.1) is 24.7 Å². The summed E-state index contributed by atoms with van der Waals surface area (Å²) < 4.78 is 1.10. The van der Waals surface area contributed by atoms with Gasteiger partial charge in [-0.3, -0.25) is 4.79 Å². The Morgan fingerprint density at radius 3 is 2.71 bits per heavy atom. The molecule has 1 saturated carbocycles. The van der Waals surface area contributed by atoms with E-state index < -0.39 is 0 Å².